The molecular weight excluding hydrogens is 445 g/mol. The molecule has 1 heterocycles. The van der Waals surface area contributed by atoms with Gasteiger partial charge in [0.2, 0.25) is 5.91 Å². The number of aromatic nitrogens is 2. The number of carbonyl (C=O) groups is 1. The molecule has 0 unspecified atom stereocenters. The smallest absolute Gasteiger partial charge is 0.234 e. The van der Waals surface area contributed by atoms with Crippen molar-refractivity contribution in [3.05, 3.63) is 82.6 Å². The first-order valence-electron chi connectivity index (χ1n) is 10.2. The number of anilines is 1. The second-order valence-corrected chi connectivity index (χ2v) is 8.74. The van der Waals surface area contributed by atoms with Gasteiger partial charge in [0.05, 0.1) is 11.3 Å². The van der Waals surface area contributed by atoms with Crippen LogP contribution in [0.3, 0.4) is 0 Å². The molecule has 0 aliphatic carbocycles. The Morgan fingerprint density at radius 3 is 2.56 bits per heavy atom. The van der Waals surface area contributed by atoms with Crippen LogP contribution in [0.2, 0.25) is 5.02 Å². The minimum atomic E-state index is -0.315. The molecule has 162 valence electrons. The van der Waals surface area contributed by atoms with E-state index in [0.29, 0.717) is 27.1 Å². The van der Waals surface area contributed by atoms with E-state index in [1.807, 2.05) is 31.2 Å². The van der Waals surface area contributed by atoms with Gasteiger partial charge in [-0.15, -0.1) is 0 Å². The number of thioether (sulfide) groups is 1. The van der Waals surface area contributed by atoms with Crippen molar-refractivity contribution in [1.82, 2.24) is 9.97 Å². The minimum absolute atomic E-state index is 0.156. The summed E-state index contributed by atoms with van der Waals surface area (Å²) in [4.78, 5) is 21.9. The van der Waals surface area contributed by atoms with Gasteiger partial charge in [0.25, 0.3) is 0 Å². The van der Waals surface area contributed by atoms with Gasteiger partial charge in [0, 0.05) is 21.7 Å². The number of nitrogens with one attached hydrogen (secondary N) is 1. The van der Waals surface area contributed by atoms with Crippen LogP contribution in [0.25, 0.3) is 22.3 Å². The molecule has 1 amide bonds. The van der Waals surface area contributed by atoms with E-state index in [1.165, 1.54) is 23.9 Å². The van der Waals surface area contributed by atoms with E-state index in [-0.39, 0.29) is 17.5 Å². The van der Waals surface area contributed by atoms with Crippen molar-refractivity contribution in [3.63, 3.8) is 0 Å². The molecule has 0 bridgehead atoms. The molecule has 4 aromatic rings. The maximum atomic E-state index is 13.4. The van der Waals surface area contributed by atoms with Crippen LogP contribution in [0.1, 0.15) is 18.1 Å². The molecule has 4 rings (SSSR count). The fourth-order valence-corrected chi connectivity index (χ4v) is 4.20. The highest BCUT2D eigenvalue weighted by Crippen LogP contribution is 2.30. The maximum absolute atomic E-state index is 13.4. The zero-order valence-corrected chi connectivity index (χ0v) is 19.2. The molecule has 1 N–H and O–H groups in total. The lowest BCUT2D eigenvalue weighted by Crippen LogP contribution is -2.14. The van der Waals surface area contributed by atoms with Crippen LogP contribution in [0, 0.1) is 12.7 Å². The van der Waals surface area contributed by atoms with Crippen LogP contribution >= 0.6 is 23.4 Å². The van der Waals surface area contributed by atoms with Crippen LogP contribution < -0.4 is 5.32 Å². The Balaban J connectivity index is 1.62. The van der Waals surface area contributed by atoms with Gasteiger partial charge in [-0.3, -0.25) is 4.79 Å². The van der Waals surface area contributed by atoms with Crippen molar-refractivity contribution in [2.45, 2.75) is 25.3 Å². The summed E-state index contributed by atoms with van der Waals surface area (Å²) in [6.45, 7) is 4.00. The second kappa shape index (κ2) is 9.67. The number of rotatable bonds is 6. The molecule has 0 aliphatic heterocycles. The third-order valence-corrected chi connectivity index (χ3v) is 6.43. The van der Waals surface area contributed by atoms with E-state index < -0.39 is 0 Å². The highest BCUT2D eigenvalue weighted by Gasteiger charge is 2.13. The molecule has 0 aliphatic rings. The topological polar surface area (TPSA) is 54.9 Å². The highest BCUT2D eigenvalue weighted by molar-refractivity contribution is 8.00. The van der Waals surface area contributed by atoms with E-state index in [0.717, 1.165) is 28.5 Å². The predicted molar refractivity (Wildman–Crippen MR) is 130 cm³/mol. The van der Waals surface area contributed by atoms with Crippen molar-refractivity contribution in [2.24, 2.45) is 0 Å². The van der Waals surface area contributed by atoms with Gasteiger partial charge in [-0.2, -0.15) is 0 Å². The summed E-state index contributed by atoms with van der Waals surface area (Å²) in [5.41, 5.74) is 4.26. The first-order chi connectivity index (χ1) is 15.4. The predicted octanol–water partition coefficient (Wildman–Crippen LogP) is 6.69. The second-order valence-electron chi connectivity index (χ2n) is 7.37. The summed E-state index contributed by atoms with van der Waals surface area (Å²) in [5.74, 6) is 0.202. The molecule has 3 aromatic carbocycles. The number of nitrogens with zero attached hydrogens (tertiary/aromatic N) is 2. The molecule has 1 aromatic heterocycles. The SMILES string of the molecule is CCc1ccc2nc(-c3ccc(F)cc3)nc(SCC(=O)Nc3ccc(C)c(Cl)c3)c2c1. The Kier molecular flexibility index (Phi) is 6.72. The molecule has 4 nitrogen and oxygen atoms in total. The lowest BCUT2D eigenvalue weighted by molar-refractivity contribution is -0.113. The third kappa shape index (κ3) is 5.09. The van der Waals surface area contributed by atoms with Crippen molar-refractivity contribution in [1.29, 1.82) is 0 Å². The van der Waals surface area contributed by atoms with Gasteiger partial charge in [-0.1, -0.05) is 42.4 Å². The van der Waals surface area contributed by atoms with Crippen molar-refractivity contribution in [3.8, 4) is 11.4 Å². The Labute approximate surface area is 195 Å². The molecule has 0 fully saturated rings. The fourth-order valence-electron chi connectivity index (χ4n) is 3.21. The van der Waals surface area contributed by atoms with Crippen molar-refractivity contribution < 1.29 is 9.18 Å². The summed E-state index contributed by atoms with van der Waals surface area (Å²) < 4.78 is 13.4. The van der Waals surface area contributed by atoms with E-state index in [4.69, 9.17) is 16.6 Å². The maximum Gasteiger partial charge on any atom is 0.234 e. The minimum Gasteiger partial charge on any atom is -0.325 e. The van der Waals surface area contributed by atoms with Crippen LogP contribution in [0.4, 0.5) is 10.1 Å². The van der Waals surface area contributed by atoms with Crippen molar-refractivity contribution in [2.75, 3.05) is 11.1 Å². The zero-order chi connectivity index (χ0) is 22.7. The number of aryl methyl sites for hydroxylation is 2. The summed E-state index contributed by atoms with van der Waals surface area (Å²) in [6, 6.07) is 17.6. The quantitative estimate of drug-likeness (QED) is 0.254. The lowest BCUT2D eigenvalue weighted by atomic mass is 10.1. The van der Waals surface area contributed by atoms with Crippen LogP contribution in [-0.2, 0) is 11.2 Å². The molecule has 32 heavy (non-hydrogen) atoms. The normalized spacial score (nSPS) is 11.0. The lowest BCUT2D eigenvalue weighted by Gasteiger charge is -2.11. The first kappa shape index (κ1) is 22.2. The summed E-state index contributed by atoms with van der Waals surface area (Å²) >= 11 is 7.50. The number of benzene rings is 3. The van der Waals surface area contributed by atoms with Gasteiger partial charge < -0.3 is 5.32 Å². The Hall–Kier alpha value is -2.96. The average Bonchev–Trinajstić information content (AvgIpc) is 2.80. The van der Waals surface area contributed by atoms with Crippen LogP contribution in [0.15, 0.2) is 65.7 Å². The summed E-state index contributed by atoms with van der Waals surface area (Å²) in [6.07, 6.45) is 0.883. The zero-order valence-electron chi connectivity index (χ0n) is 17.7. The van der Waals surface area contributed by atoms with E-state index in [1.54, 1.807) is 18.2 Å². The number of fused-ring (bicyclic) bond motifs is 1. The molecule has 7 heteroatoms. The first-order valence-corrected chi connectivity index (χ1v) is 11.5. The van der Waals surface area contributed by atoms with E-state index >= 15 is 0 Å². The highest BCUT2D eigenvalue weighted by atomic mass is 35.5. The summed E-state index contributed by atoms with van der Waals surface area (Å²) in [5, 5.41) is 5.08. The third-order valence-electron chi connectivity index (χ3n) is 5.03. The van der Waals surface area contributed by atoms with Crippen LogP contribution in [0.5, 0.6) is 0 Å². The van der Waals surface area contributed by atoms with Crippen molar-refractivity contribution >= 4 is 45.9 Å². The Morgan fingerprint density at radius 1 is 1.06 bits per heavy atom. The number of hydrogen-bond acceptors (Lipinski definition) is 4. The van der Waals surface area contributed by atoms with E-state index in [9.17, 15) is 9.18 Å². The summed E-state index contributed by atoms with van der Waals surface area (Å²) in [7, 11) is 0. The van der Waals surface area contributed by atoms with Gasteiger partial charge >= 0.3 is 0 Å². The van der Waals surface area contributed by atoms with Gasteiger partial charge in [0.1, 0.15) is 10.8 Å². The largest absolute Gasteiger partial charge is 0.325 e. The molecular formula is C25H21ClFN3OS. The van der Waals surface area contributed by atoms with Gasteiger partial charge in [-0.05, 0) is 73.0 Å². The average molecular weight is 466 g/mol. The van der Waals surface area contributed by atoms with Gasteiger partial charge in [0.15, 0.2) is 5.82 Å². The Bertz CT molecular complexity index is 1290. The molecule has 0 spiro atoms. The molecule has 0 saturated carbocycles. The van der Waals surface area contributed by atoms with Crippen LogP contribution in [-0.4, -0.2) is 21.6 Å². The fraction of sp³-hybridized carbons (Fsp3) is 0.160. The number of amides is 1. The Morgan fingerprint density at radius 2 is 1.84 bits per heavy atom. The number of carbonyl (C=O) groups excluding carboxylic acids is 1. The number of halogens is 2. The van der Waals surface area contributed by atoms with Gasteiger partial charge in [-0.25, -0.2) is 14.4 Å². The van der Waals surface area contributed by atoms with E-state index in [2.05, 4.69) is 23.3 Å². The number of hydrogen-bond donors (Lipinski definition) is 1. The monoisotopic (exact) mass is 465 g/mol. The molecule has 0 radical (unpaired) electrons. The molecule has 0 atom stereocenters. The standard InChI is InChI=1S/C25H21ClFN3OS/c1-3-16-5-11-22-20(12-16)25(30-24(29-22)17-6-8-18(27)9-7-17)32-14-23(31)28-19-10-4-15(2)21(26)13-19/h4-13H,3,14H2,1-2H3,(H,28,31). The molecule has 0 saturated heterocycles.